The van der Waals surface area contributed by atoms with Crippen molar-refractivity contribution in [1.29, 1.82) is 0 Å². The Morgan fingerprint density at radius 3 is 2.61 bits per heavy atom. The first kappa shape index (κ1) is 16.4. The van der Waals surface area contributed by atoms with E-state index in [0.29, 0.717) is 6.07 Å². The molecule has 2 aromatic rings. The Balaban J connectivity index is 2.37. The van der Waals surface area contributed by atoms with E-state index in [4.69, 9.17) is 0 Å². The fraction of sp³-hybridized carbons (Fsp3) is 0.167. The third-order valence-electron chi connectivity index (χ3n) is 2.75. The molecule has 0 unspecified atom stereocenters. The molecule has 0 aliphatic carbocycles. The molecule has 1 N–H and O–H groups in total. The van der Waals surface area contributed by atoms with Crippen molar-refractivity contribution in [3.05, 3.63) is 51.6 Å². The molecular formula is C12H8F4N4O3. The molecule has 0 saturated heterocycles. The average molecular weight is 332 g/mol. The van der Waals surface area contributed by atoms with Gasteiger partial charge in [-0.3, -0.25) is 19.6 Å². The Morgan fingerprint density at radius 2 is 2.04 bits per heavy atom. The van der Waals surface area contributed by atoms with Crippen molar-refractivity contribution in [2.24, 2.45) is 7.05 Å². The summed E-state index contributed by atoms with van der Waals surface area (Å²) in [5.41, 5.74) is -3.40. The lowest BCUT2D eigenvalue weighted by atomic mass is 10.2. The zero-order valence-corrected chi connectivity index (χ0v) is 11.4. The van der Waals surface area contributed by atoms with E-state index >= 15 is 0 Å². The maximum absolute atomic E-state index is 13.6. The summed E-state index contributed by atoms with van der Waals surface area (Å²) in [6.07, 6.45) is -4.07. The van der Waals surface area contributed by atoms with Crippen LogP contribution in [0.1, 0.15) is 16.1 Å². The van der Waals surface area contributed by atoms with Gasteiger partial charge in [-0.2, -0.15) is 18.3 Å². The number of benzene rings is 1. The number of carbonyl (C=O) groups excluding carboxylic acids is 1. The molecule has 0 aliphatic heterocycles. The van der Waals surface area contributed by atoms with Gasteiger partial charge >= 0.3 is 6.18 Å². The van der Waals surface area contributed by atoms with Gasteiger partial charge in [0.25, 0.3) is 11.6 Å². The minimum Gasteiger partial charge on any atom is -0.319 e. The molecule has 2 rings (SSSR count). The van der Waals surface area contributed by atoms with Crippen molar-refractivity contribution in [3.63, 3.8) is 0 Å². The van der Waals surface area contributed by atoms with E-state index in [1.165, 1.54) is 7.05 Å². The first-order valence-corrected chi connectivity index (χ1v) is 5.95. The van der Waals surface area contributed by atoms with Gasteiger partial charge in [0, 0.05) is 25.4 Å². The summed E-state index contributed by atoms with van der Waals surface area (Å²) in [6.45, 7) is 0. The van der Waals surface area contributed by atoms with Crippen molar-refractivity contribution < 1.29 is 27.3 Å². The minimum absolute atomic E-state index is 0.524. The highest BCUT2D eigenvalue weighted by molar-refractivity contribution is 6.05. The van der Waals surface area contributed by atoms with E-state index in [-0.39, 0.29) is 0 Å². The van der Waals surface area contributed by atoms with Crippen molar-refractivity contribution in [2.75, 3.05) is 5.32 Å². The number of nitro groups is 1. The highest BCUT2D eigenvalue weighted by atomic mass is 19.4. The summed E-state index contributed by atoms with van der Waals surface area (Å²) < 4.78 is 52.7. The highest BCUT2D eigenvalue weighted by Gasteiger charge is 2.39. The van der Waals surface area contributed by atoms with Gasteiger partial charge in [-0.1, -0.05) is 0 Å². The number of hydrogen-bond donors (Lipinski definition) is 1. The summed E-state index contributed by atoms with van der Waals surface area (Å²) in [6, 6.07) is 2.29. The lowest BCUT2D eigenvalue weighted by Crippen LogP contribution is -2.18. The van der Waals surface area contributed by atoms with Gasteiger partial charge in [-0.25, -0.2) is 4.39 Å². The molecule has 1 amide bonds. The summed E-state index contributed by atoms with van der Waals surface area (Å²) >= 11 is 0. The number of halogens is 4. The van der Waals surface area contributed by atoms with Gasteiger partial charge in [-0.05, 0) is 6.07 Å². The molecule has 1 aromatic carbocycles. The molecule has 0 spiro atoms. The lowest BCUT2D eigenvalue weighted by Gasteiger charge is -2.08. The maximum atomic E-state index is 13.6. The minimum atomic E-state index is -4.88. The van der Waals surface area contributed by atoms with Crippen molar-refractivity contribution in [2.45, 2.75) is 6.18 Å². The van der Waals surface area contributed by atoms with Crippen LogP contribution in [0, 0.1) is 15.9 Å². The van der Waals surface area contributed by atoms with E-state index in [2.05, 4.69) is 5.10 Å². The number of nitrogens with zero attached hydrogens (tertiary/aromatic N) is 3. The molecule has 1 aromatic heterocycles. The smallest absolute Gasteiger partial charge is 0.319 e. The number of non-ortho nitro benzene ring substituents is 1. The molecule has 122 valence electrons. The number of aromatic nitrogens is 2. The molecular weight excluding hydrogens is 324 g/mol. The summed E-state index contributed by atoms with van der Waals surface area (Å²) in [5.74, 6) is -2.31. The SMILES string of the molecule is Cn1cc(C(=O)Nc2cc([N+](=O)[O-])ccc2F)c(C(F)(F)F)n1. The van der Waals surface area contributed by atoms with Gasteiger partial charge in [-0.15, -0.1) is 0 Å². The van der Waals surface area contributed by atoms with Crippen LogP contribution in [0.5, 0.6) is 0 Å². The normalized spacial score (nSPS) is 11.3. The Morgan fingerprint density at radius 1 is 1.39 bits per heavy atom. The van der Waals surface area contributed by atoms with Crippen LogP contribution in [-0.4, -0.2) is 20.6 Å². The summed E-state index contributed by atoms with van der Waals surface area (Å²) in [7, 11) is 1.18. The van der Waals surface area contributed by atoms with Crippen LogP contribution in [0.2, 0.25) is 0 Å². The third-order valence-corrected chi connectivity index (χ3v) is 2.75. The number of nitrogens with one attached hydrogen (secondary N) is 1. The number of rotatable bonds is 3. The Kier molecular flexibility index (Phi) is 4.04. The number of aryl methyl sites for hydroxylation is 1. The monoisotopic (exact) mass is 332 g/mol. The molecule has 23 heavy (non-hydrogen) atoms. The van der Waals surface area contributed by atoms with Gasteiger partial charge < -0.3 is 5.32 Å². The molecule has 11 heteroatoms. The second-order valence-electron chi connectivity index (χ2n) is 4.44. The molecule has 0 fully saturated rings. The van der Waals surface area contributed by atoms with E-state index in [1.54, 1.807) is 0 Å². The molecule has 0 radical (unpaired) electrons. The first-order valence-electron chi connectivity index (χ1n) is 5.95. The van der Waals surface area contributed by atoms with Crippen molar-refractivity contribution in [3.8, 4) is 0 Å². The van der Waals surface area contributed by atoms with Crippen LogP contribution in [0.4, 0.5) is 28.9 Å². The van der Waals surface area contributed by atoms with Gasteiger partial charge in [0.2, 0.25) is 0 Å². The van der Waals surface area contributed by atoms with Crippen LogP contribution in [0.25, 0.3) is 0 Å². The quantitative estimate of drug-likeness (QED) is 0.531. The summed E-state index contributed by atoms with van der Waals surface area (Å²) in [5, 5.41) is 15.6. The van der Waals surface area contributed by atoms with Gasteiger partial charge in [0.1, 0.15) is 5.82 Å². The Bertz CT molecular complexity index is 785. The van der Waals surface area contributed by atoms with E-state index in [1.807, 2.05) is 5.32 Å². The van der Waals surface area contributed by atoms with Crippen LogP contribution < -0.4 is 5.32 Å². The predicted molar refractivity (Wildman–Crippen MR) is 69.2 cm³/mol. The van der Waals surface area contributed by atoms with Crippen LogP contribution >= 0.6 is 0 Å². The number of nitro benzene ring substituents is 1. The number of carbonyl (C=O) groups is 1. The number of hydrogen-bond acceptors (Lipinski definition) is 4. The van der Waals surface area contributed by atoms with Crippen molar-refractivity contribution in [1.82, 2.24) is 9.78 Å². The number of alkyl halides is 3. The van der Waals surface area contributed by atoms with Gasteiger partial charge in [0.15, 0.2) is 5.69 Å². The zero-order chi connectivity index (χ0) is 17.4. The zero-order valence-electron chi connectivity index (χ0n) is 11.4. The molecule has 0 saturated carbocycles. The Labute approximate surface area is 125 Å². The fourth-order valence-electron chi connectivity index (χ4n) is 1.78. The molecule has 0 aliphatic rings. The lowest BCUT2D eigenvalue weighted by molar-refractivity contribution is -0.384. The highest BCUT2D eigenvalue weighted by Crippen LogP contribution is 2.31. The molecule has 7 nitrogen and oxygen atoms in total. The van der Waals surface area contributed by atoms with E-state index in [9.17, 15) is 32.5 Å². The number of amides is 1. The molecule has 0 bridgehead atoms. The first-order chi connectivity index (χ1) is 10.6. The van der Waals surface area contributed by atoms with Gasteiger partial charge in [0.05, 0.1) is 16.2 Å². The van der Waals surface area contributed by atoms with E-state index < -0.39 is 45.5 Å². The molecule has 1 heterocycles. The standard InChI is InChI=1S/C12H8F4N4O3/c1-19-5-7(10(18-19)12(14,15)16)11(21)17-9-4-6(20(22)23)2-3-8(9)13/h2-5H,1H3,(H,17,21). The number of anilines is 1. The van der Waals surface area contributed by atoms with Crippen LogP contribution in [-0.2, 0) is 13.2 Å². The van der Waals surface area contributed by atoms with Crippen molar-refractivity contribution >= 4 is 17.3 Å². The van der Waals surface area contributed by atoms with Crippen LogP contribution in [0.15, 0.2) is 24.4 Å². The van der Waals surface area contributed by atoms with E-state index in [0.717, 1.165) is 23.0 Å². The predicted octanol–water partition coefficient (Wildman–Crippen LogP) is 2.74. The fourth-order valence-corrected chi connectivity index (χ4v) is 1.78. The Hall–Kier alpha value is -2.98. The maximum Gasteiger partial charge on any atom is 0.435 e. The third kappa shape index (κ3) is 3.44. The largest absolute Gasteiger partial charge is 0.435 e. The second kappa shape index (κ2) is 5.66. The second-order valence-corrected chi connectivity index (χ2v) is 4.44. The topological polar surface area (TPSA) is 90.1 Å². The van der Waals surface area contributed by atoms with Crippen LogP contribution in [0.3, 0.4) is 0 Å². The average Bonchev–Trinajstić information content (AvgIpc) is 2.83. The summed E-state index contributed by atoms with van der Waals surface area (Å²) in [4.78, 5) is 21.7. The molecule has 0 atom stereocenters.